The van der Waals surface area contributed by atoms with Crippen LogP contribution in [0.15, 0.2) is 12.3 Å². The molecule has 2 rings (SSSR count). The zero-order valence-corrected chi connectivity index (χ0v) is 15.5. The summed E-state index contributed by atoms with van der Waals surface area (Å²) in [6.45, 7) is 3.18. The van der Waals surface area contributed by atoms with Crippen molar-refractivity contribution in [2.45, 2.75) is 18.9 Å². The van der Waals surface area contributed by atoms with Crippen molar-refractivity contribution in [2.24, 2.45) is 0 Å². The molecular weight excluding hydrogens is 348 g/mol. The van der Waals surface area contributed by atoms with Gasteiger partial charge in [0.15, 0.2) is 0 Å². The summed E-state index contributed by atoms with van der Waals surface area (Å²) >= 11 is 6.27. The van der Waals surface area contributed by atoms with E-state index in [9.17, 15) is 4.79 Å². The lowest BCUT2D eigenvalue weighted by atomic mass is 10.1. The van der Waals surface area contributed by atoms with Crippen LogP contribution >= 0.6 is 11.6 Å². The van der Waals surface area contributed by atoms with E-state index in [0.717, 1.165) is 12.8 Å². The number of halogens is 1. The van der Waals surface area contributed by atoms with Gasteiger partial charge in [0.25, 0.3) is 5.91 Å². The fourth-order valence-corrected chi connectivity index (χ4v) is 2.69. The highest BCUT2D eigenvalue weighted by Gasteiger charge is 2.20. The Balaban J connectivity index is 2.04. The predicted molar refractivity (Wildman–Crippen MR) is 93.4 cm³/mol. The molecule has 0 spiro atoms. The second-order valence-electron chi connectivity index (χ2n) is 5.72. The van der Waals surface area contributed by atoms with Gasteiger partial charge in [-0.15, -0.1) is 0 Å². The smallest absolute Gasteiger partial charge is 0.255 e. The lowest BCUT2D eigenvalue weighted by Crippen LogP contribution is -2.36. The first kappa shape index (κ1) is 19.9. The molecule has 0 saturated carbocycles. The number of ether oxygens (including phenoxy) is 4. The summed E-state index contributed by atoms with van der Waals surface area (Å²) in [7, 11) is 3.19. The molecular formula is C17H25ClN2O5. The number of carbonyl (C=O) groups is 1. The van der Waals surface area contributed by atoms with E-state index in [1.165, 1.54) is 6.20 Å². The third kappa shape index (κ3) is 6.11. The van der Waals surface area contributed by atoms with Gasteiger partial charge in [-0.25, -0.2) is 4.98 Å². The normalized spacial score (nSPS) is 15.2. The summed E-state index contributed by atoms with van der Waals surface area (Å²) in [5.41, 5.74) is 0.413. The van der Waals surface area contributed by atoms with Gasteiger partial charge in [-0.2, -0.15) is 0 Å². The molecule has 0 radical (unpaired) electrons. The van der Waals surface area contributed by atoms with Gasteiger partial charge in [-0.1, -0.05) is 11.6 Å². The summed E-state index contributed by atoms with van der Waals surface area (Å²) < 4.78 is 21.2. The third-order valence-corrected chi connectivity index (χ3v) is 4.19. The predicted octanol–water partition coefficient (Wildman–Crippen LogP) is 2.03. The monoisotopic (exact) mass is 372 g/mol. The van der Waals surface area contributed by atoms with E-state index in [2.05, 4.69) is 4.98 Å². The van der Waals surface area contributed by atoms with Gasteiger partial charge in [0.05, 0.1) is 32.0 Å². The number of hydrogen-bond donors (Lipinski definition) is 0. The van der Waals surface area contributed by atoms with E-state index in [4.69, 9.17) is 30.5 Å². The van der Waals surface area contributed by atoms with Crippen molar-refractivity contribution >= 4 is 17.5 Å². The number of rotatable bonds is 9. The Hall–Kier alpha value is -1.41. The molecule has 0 N–H and O–H groups in total. The molecule has 2 heterocycles. The highest BCUT2D eigenvalue weighted by molar-refractivity contribution is 6.32. The van der Waals surface area contributed by atoms with E-state index in [0.29, 0.717) is 56.0 Å². The summed E-state index contributed by atoms with van der Waals surface area (Å²) in [6, 6.07) is 1.60. The molecule has 7 nitrogen and oxygen atoms in total. The average molecular weight is 373 g/mol. The number of carbonyl (C=O) groups excluding carboxylic acids is 1. The van der Waals surface area contributed by atoms with Crippen molar-refractivity contribution in [3.63, 3.8) is 0 Å². The molecule has 1 amide bonds. The molecule has 0 aliphatic carbocycles. The van der Waals surface area contributed by atoms with Crippen LogP contribution < -0.4 is 4.74 Å². The Morgan fingerprint density at radius 1 is 1.28 bits per heavy atom. The van der Waals surface area contributed by atoms with Crippen LogP contribution in [0.2, 0.25) is 5.02 Å². The molecule has 140 valence electrons. The van der Waals surface area contributed by atoms with Crippen LogP contribution in [0.4, 0.5) is 0 Å². The minimum atomic E-state index is -0.166. The summed E-state index contributed by atoms with van der Waals surface area (Å²) in [5.74, 6) is 0.187. The lowest BCUT2D eigenvalue weighted by molar-refractivity contribution is 0.0237. The zero-order valence-electron chi connectivity index (χ0n) is 14.7. The topological polar surface area (TPSA) is 70.1 Å². The SMILES string of the molecule is COCCN(CCOC)C(=O)c1cnc(OC2CCOCC2)c(Cl)c1. The highest BCUT2D eigenvalue weighted by atomic mass is 35.5. The van der Waals surface area contributed by atoms with E-state index in [1.54, 1.807) is 25.2 Å². The third-order valence-electron chi connectivity index (χ3n) is 3.92. The second kappa shape index (κ2) is 10.6. The lowest BCUT2D eigenvalue weighted by Gasteiger charge is -2.24. The summed E-state index contributed by atoms with van der Waals surface area (Å²) in [5, 5.41) is 0.329. The van der Waals surface area contributed by atoms with Crippen LogP contribution in [0.1, 0.15) is 23.2 Å². The second-order valence-corrected chi connectivity index (χ2v) is 6.13. The van der Waals surface area contributed by atoms with Gasteiger partial charge in [-0.05, 0) is 6.07 Å². The molecule has 0 aromatic carbocycles. The Morgan fingerprint density at radius 2 is 1.92 bits per heavy atom. The van der Waals surface area contributed by atoms with Crippen LogP contribution in [0.3, 0.4) is 0 Å². The molecule has 1 aromatic rings. The van der Waals surface area contributed by atoms with Crippen molar-refractivity contribution in [3.8, 4) is 5.88 Å². The highest BCUT2D eigenvalue weighted by Crippen LogP contribution is 2.26. The van der Waals surface area contributed by atoms with Crippen LogP contribution in [0, 0.1) is 0 Å². The molecule has 1 saturated heterocycles. The van der Waals surface area contributed by atoms with Crippen LogP contribution in [0.5, 0.6) is 5.88 Å². The standard InChI is InChI=1S/C17H25ClN2O5/c1-22-9-5-20(6-10-23-2)17(21)13-11-15(18)16(19-12-13)25-14-3-7-24-8-4-14/h11-12,14H,3-10H2,1-2H3. The first-order valence-corrected chi connectivity index (χ1v) is 8.70. The van der Waals surface area contributed by atoms with E-state index in [1.807, 2.05) is 0 Å². The van der Waals surface area contributed by atoms with E-state index < -0.39 is 0 Å². The Labute approximate surface area is 153 Å². The quantitative estimate of drug-likeness (QED) is 0.660. The number of pyridine rings is 1. The average Bonchev–Trinajstić information content (AvgIpc) is 2.64. The largest absolute Gasteiger partial charge is 0.473 e. The number of nitrogens with zero attached hydrogens (tertiary/aromatic N) is 2. The van der Waals surface area contributed by atoms with Gasteiger partial charge < -0.3 is 23.8 Å². The summed E-state index contributed by atoms with van der Waals surface area (Å²) in [4.78, 5) is 18.6. The Bertz CT molecular complexity index is 544. The first-order chi connectivity index (χ1) is 12.2. The van der Waals surface area contributed by atoms with E-state index >= 15 is 0 Å². The van der Waals surface area contributed by atoms with Crippen LogP contribution in [-0.2, 0) is 14.2 Å². The minimum Gasteiger partial charge on any atom is -0.473 e. The maximum atomic E-state index is 12.7. The van der Waals surface area contributed by atoms with Crippen molar-refractivity contribution in [1.82, 2.24) is 9.88 Å². The Morgan fingerprint density at radius 3 is 2.48 bits per heavy atom. The molecule has 0 unspecified atom stereocenters. The number of amides is 1. The Kier molecular flexibility index (Phi) is 8.40. The number of aromatic nitrogens is 1. The fraction of sp³-hybridized carbons (Fsp3) is 0.647. The fourth-order valence-electron chi connectivity index (χ4n) is 2.48. The van der Waals surface area contributed by atoms with Crippen LogP contribution in [0.25, 0.3) is 0 Å². The van der Waals surface area contributed by atoms with Crippen molar-refractivity contribution < 1.29 is 23.7 Å². The number of methoxy groups -OCH3 is 2. The minimum absolute atomic E-state index is 0.0419. The molecule has 0 bridgehead atoms. The molecule has 25 heavy (non-hydrogen) atoms. The van der Waals surface area contributed by atoms with Gasteiger partial charge in [-0.3, -0.25) is 4.79 Å². The molecule has 8 heteroatoms. The van der Waals surface area contributed by atoms with Crippen LogP contribution in [-0.4, -0.2) is 75.6 Å². The van der Waals surface area contributed by atoms with Crippen molar-refractivity contribution in [1.29, 1.82) is 0 Å². The van der Waals surface area contributed by atoms with Crippen molar-refractivity contribution in [2.75, 3.05) is 53.7 Å². The maximum absolute atomic E-state index is 12.7. The number of hydrogen-bond acceptors (Lipinski definition) is 6. The molecule has 1 aliphatic heterocycles. The first-order valence-electron chi connectivity index (χ1n) is 8.32. The summed E-state index contributed by atoms with van der Waals surface area (Å²) in [6.07, 6.45) is 3.15. The molecule has 0 atom stereocenters. The van der Waals surface area contributed by atoms with Gasteiger partial charge in [0.2, 0.25) is 5.88 Å². The van der Waals surface area contributed by atoms with Gasteiger partial charge in [0, 0.05) is 46.3 Å². The maximum Gasteiger partial charge on any atom is 0.255 e. The molecule has 1 fully saturated rings. The van der Waals surface area contributed by atoms with E-state index in [-0.39, 0.29) is 12.0 Å². The molecule has 1 aliphatic rings. The van der Waals surface area contributed by atoms with Gasteiger partial charge in [0.1, 0.15) is 11.1 Å². The van der Waals surface area contributed by atoms with Gasteiger partial charge >= 0.3 is 0 Å². The zero-order chi connectivity index (χ0) is 18.1. The van der Waals surface area contributed by atoms with Crippen molar-refractivity contribution in [3.05, 3.63) is 22.8 Å². The molecule has 1 aromatic heterocycles.